The Bertz CT molecular complexity index is 653. The highest BCUT2D eigenvalue weighted by Gasteiger charge is 2.24. The number of hydrogen-bond acceptors (Lipinski definition) is 9. The summed E-state index contributed by atoms with van der Waals surface area (Å²) in [6, 6.07) is 9.47. The largest absolute Gasteiger partial charge is 0.508 e. The quantitative estimate of drug-likeness (QED) is 0.191. The molecule has 1 aromatic rings. The van der Waals surface area contributed by atoms with Gasteiger partial charge in [-0.3, -0.25) is 9.05 Å². The molecular formula is C21H34NO9P. The fourth-order valence-electron chi connectivity index (χ4n) is 2.32. The lowest BCUT2D eigenvalue weighted by atomic mass is 10.2. The van der Waals surface area contributed by atoms with Crippen LogP contribution in [0.3, 0.4) is 0 Å². The van der Waals surface area contributed by atoms with Crippen molar-refractivity contribution in [3.8, 4) is 0 Å². The molecule has 0 aliphatic carbocycles. The van der Waals surface area contributed by atoms with Gasteiger partial charge in [-0.05, 0) is 45.1 Å². The van der Waals surface area contributed by atoms with E-state index in [0.717, 1.165) is 5.56 Å². The molecule has 182 valence electrons. The molecule has 0 unspecified atom stereocenters. The van der Waals surface area contributed by atoms with Crippen LogP contribution < -0.4 is 5.09 Å². The van der Waals surface area contributed by atoms with Crippen LogP contribution in [-0.2, 0) is 39.1 Å². The van der Waals surface area contributed by atoms with Gasteiger partial charge in [0.25, 0.3) is 0 Å². The van der Waals surface area contributed by atoms with Crippen LogP contribution >= 0.6 is 7.75 Å². The summed E-state index contributed by atoms with van der Waals surface area (Å²) in [6.07, 6.45) is 0.684. The van der Waals surface area contributed by atoms with Gasteiger partial charge < -0.3 is 18.9 Å². The van der Waals surface area contributed by atoms with Crippen molar-refractivity contribution in [2.24, 2.45) is 0 Å². The molecule has 0 aliphatic rings. The molecule has 0 saturated carbocycles. The Morgan fingerprint density at radius 1 is 0.750 bits per heavy atom. The maximum Gasteiger partial charge on any atom is 0.508 e. The van der Waals surface area contributed by atoms with Crippen LogP contribution in [-0.4, -0.2) is 52.0 Å². The van der Waals surface area contributed by atoms with Crippen molar-refractivity contribution < 1.29 is 42.1 Å². The van der Waals surface area contributed by atoms with Crippen LogP contribution in [0, 0.1) is 0 Å². The number of unbranched alkanes of at least 4 members (excludes halogenated alkanes) is 2. The lowest BCUT2D eigenvalue weighted by molar-refractivity contribution is 0.0566. The number of rotatable bonds is 17. The van der Waals surface area contributed by atoms with E-state index in [1.165, 1.54) is 0 Å². The number of nitrogens with one attached hydrogen (secondary N) is 1. The number of ether oxygens (including phenoxy) is 4. The molecular weight excluding hydrogens is 441 g/mol. The lowest BCUT2D eigenvalue weighted by Crippen LogP contribution is -2.16. The van der Waals surface area contributed by atoms with Crippen molar-refractivity contribution in [1.29, 1.82) is 0 Å². The predicted molar refractivity (Wildman–Crippen MR) is 117 cm³/mol. The third-order valence-electron chi connectivity index (χ3n) is 3.88. The minimum atomic E-state index is -3.56. The maximum atomic E-state index is 13.1. The molecule has 1 rings (SSSR count). The SMILES string of the molecule is CCOC(=O)OCCCCOP(=O)(NCc1ccccc1)OCCCCOC(=O)OCC. The van der Waals surface area contributed by atoms with Gasteiger partial charge in [0, 0.05) is 6.54 Å². The molecule has 0 bridgehead atoms. The Balaban J connectivity index is 2.37. The summed E-state index contributed by atoms with van der Waals surface area (Å²) in [5.74, 6) is 0. The zero-order chi connectivity index (χ0) is 23.5. The first kappa shape index (κ1) is 27.9. The fourth-order valence-corrected chi connectivity index (χ4v) is 3.69. The van der Waals surface area contributed by atoms with Crippen LogP contribution in [0.25, 0.3) is 0 Å². The van der Waals surface area contributed by atoms with E-state index in [9.17, 15) is 14.2 Å². The molecule has 0 aromatic heterocycles. The zero-order valence-corrected chi connectivity index (χ0v) is 19.7. The molecule has 0 saturated heterocycles. The van der Waals surface area contributed by atoms with E-state index in [4.69, 9.17) is 18.5 Å². The molecule has 0 aliphatic heterocycles. The van der Waals surface area contributed by atoms with Crippen molar-refractivity contribution in [3.63, 3.8) is 0 Å². The summed E-state index contributed by atoms with van der Waals surface area (Å²) in [4.78, 5) is 22.3. The number of carbonyl (C=O) groups is 2. The zero-order valence-electron chi connectivity index (χ0n) is 18.8. The second-order valence-corrected chi connectivity index (χ2v) is 8.29. The van der Waals surface area contributed by atoms with Crippen molar-refractivity contribution in [3.05, 3.63) is 35.9 Å². The Labute approximate surface area is 189 Å². The average molecular weight is 475 g/mol. The highest BCUT2D eigenvalue weighted by Crippen LogP contribution is 2.44. The maximum absolute atomic E-state index is 13.1. The van der Waals surface area contributed by atoms with Gasteiger partial charge in [0.05, 0.1) is 39.6 Å². The molecule has 10 nitrogen and oxygen atoms in total. The Morgan fingerprint density at radius 3 is 1.69 bits per heavy atom. The van der Waals surface area contributed by atoms with Crippen LogP contribution in [0.5, 0.6) is 0 Å². The van der Waals surface area contributed by atoms with E-state index < -0.39 is 20.1 Å². The highest BCUT2D eigenvalue weighted by molar-refractivity contribution is 7.51. The predicted octanol–water partition coefficient (Wildman–Crippen LogP) is 4.82. The summed E-state index contributed by atoms with van der Waals surface area (Å²) in [5, 5.41) is 2.86. The van der Waals surface area contributed by atoms with Crippen molar-refractivity contribution in [1.82, 2.24) is 5.09 Å². The molecule has 0 fully saturated rings. The van der Waals surface area contributed by atoms with Crippen LogP contribution in [0.4, 0.5) is 9.59 Å². The van der Waals surface area contributed by atoms with Gasteiger partial charge in [-0.1, -0.05) is 30.3 Å². The molecule has 1 N–H and O–H groups in total. The molecule has 0 radical (unpaired) electrons. The minimum Gasteiger partial charge on any atom is -0.435 e. The van der Waals surface area contributed by atoms with E-state index in [1.54, 1.807) is 13.8 Å². The Kier molecular flexibility index (Phi) is 15.2. The topological polar surface area (TPSA) is 119 Å². The second-order valence-electron chi connectivity index (χ2n) is 6.46. The van der Waals surface area contributed by atoms with Gasteiger partial charge in [-0.25, -0.2) is 19.2 Å². The van der Waals surface area contributed by atoms with Gasteiger partial charge in [0.1, 0.15) is 0 Å². The van der Waals surface area contributed by atoms with Crippen LogP contribution in [0.2, 0.25) is 0 Å². The molecule has 1 aromatic carbocycles. The second kappa shape index (κ2) is 17.4. The molecule has 11 heteroatoms. The van der Waals surface area contributed by atoms with Gasteiger partial charge in [-0.15, -0.1) is 0 Å². The van der Waals surface area contributed by atoms with E-state index in [1.807, 2.05) is 30.3 Å². The Hall–Kier alpha value is -2.13. The van der Waals surface area contributed by atoms with E-state index in [-0.39, 0.29) is 39.6 Å². The third-order valence-corrected chi connectivity index (χ3v) is 5.47. The first-order valence-corrected chi connectivity index (χ1v) is 12.3. The summed E-state index contributed by atoms with van der Waals surface area (Å²) < 4.78 is 43.2. The molecule has 0 spiro atoms. The van der Waals surface area contributed by atoms with Crippen molar-refractivity contribution in [2.75, 3.05) is 39.6 Å². The fraction of sp³-hybridized carbons (Fsp3) is 0.619. The first-order valence-electron chi connectivity index (χ1n) is 10.8. The normalized spacial score (nSPS) is 11.1. The van der Waals surface area contributed by atoms with Gasteiger partial charge in [0.2, 0.25) is 0 Å². The molecule has 0 heterocycles. The summed E-state index contributed by atoms with van der Waals surface area (Å²) in [6.45, 7) is 4.92. The van der Waals surface area contributed by atoms with E-state index >= 15 is 0 Å². The number of carbonyl (C=O) groups excluding carboxylic acids is 2. The van der Waals surface area contributed by atoms with Gasteiger partial charge >= 0.3 is 20.1 Å². The monoisotopic (exact) mass is 475 g/mol. The van der Waals surface area contributed by atoms with Crippen LogP contribution in [0.1, 0.15) is 45.1 Å². The summed E-state index contributed by atoms with van der Waals surface area (Å²) in [5.41, 5.74) is 0.936. The smallest absolute Gasteiger partial charge is 0.435 e. The minimum absolute atomic E-state index is 0.164. The third kappa shape index (κ3) is 14.0. The Morgan fingerprint density at radius 2 is 1.22 bits per heavy atom. The molecule has 32 heavy (non-hydrogen) atoms. The lowest BCUT2D eigenvalue weighted by Gasteiger charge is -2.19. The summed E-state index contributed by atoms with van der Waals surface area (Å²) >= 11 is 0. The van der Waals surface area contributed by atoms with Crippen molar-refractivity contribution >= 4 is 20.1 Å². The molecule has 0 atom stereocenters. The van der Waals surface area contributed by atoms with Gasteiger partial charge in [0.15, 0.2) is 0 Å². The van der Waals surface area contributed by atoms with E-state index in [2.05, 4.69) is 14.6 Å². The van der Waals surface area contributed by atoms with Crippen LogP contribution in [0.15, 0.2) is 30.3 Å². The number of benzene rings is 1. The average Bonchev–Trinajstić information content (AvgIpc) is 2.78. The number of hydrogen-bond donors (Lipinski definition) is 1. The standard InChI is InChI=1S/C21H34NO9P/c1-3-26-20(23)28-14-8-10-16-30-32(25,22-18-19-12-6-5-7-13-19)31-17-11-9-15-29-21(24)27-4-2/h5-7,12-13H,3-4,8-11,14-18H2,1-2H3,(H,22,25). The van der Waals surface area contributed by atoms with Gasteiger partial charge in [-0.2, -0.15) is 0 Å². The van der Waals surface area contributed by atoms with Crippen molar-refractivity contribution in [2.45, 2.75) is 46.1 Å². The molecule has 0 amide bonds. The van der Waals surface area contributed by atoms with E-state index in [0.29, 0.717) is 32.2 Å². The first-order chi connectivity index (χ1) is 15.5. The summed E-state index contributed by atoms with van der Waals surface area (Å²) in [7, 11) is -3.56. The highest BCUT2D eigenvalue weighted by atomic mass is 31.2.